The van der Waals surface area contributed by atoms with Crippen LogP contribution < -0.4 is 0 Å². The molecule has 1 aromatic rings. The summed E-state index contributed by atoms with van der Waals surface area (Å²) in [5.41, 5.74) is 0. The first-order valence-corrected chi connectivity index (χ1v) is 5.90. The normalized spacial score (nSPS) is 22.5. The molecule has 0 spiro atoms. The van der Waals surface area contributed by atoms with E-state index in [4.69, 9.17) is 5.11 Å². The predicted octanol–water partition coefficient (Wildman–Crippen LogP) is -0.519. The second kappa shape index (κ2) is 5.27. The van der Waals surface area contributed by atoms with Gasteiger partial charge in [0.2, 0.25) is 0 Å². The lowest BCUT2D eigenvalue weighted by Gasteiger charge is -2.26. The number of amides is 2. The van der Waals surface area contributed by atoms with Crippen LogP contribution in [0, 0.1) is 0 Å². The van der Waals surface area contributed by atoms with Crippen LogP contribution in [0.1, 0.15) is 12.2 Å². The molecular weight excluding hydrogens is 252 g/mol. The second-order valence-electron chi connectivity index (χ2n) is 4.57. The molecule has 0 bridgehead atoms. The van der Waals surface area contributed by atoms with E-state index in [-0.39, 0.29) is 19.5 Å². The Hall–Kier alpha value is -2.09. The van der Waals surface area contributed by atoms with E-state index >= 15 is 0 Å². The van der Waals surface area contributed by atoms with Crippen molar-refractivity contribution in [3.63, 3.8) is 0 Å². The van der Waals surface area contributed by atoms with Gasteiger partial charge in [0.1, 0.15) is 11.9 Å². The Labute approximate surface area is 109 Å². The van der Waals surface area contributed by atoms with Crippen LogP contribution in [-0.4, -0.2) is 67.7 Å². The Kier molecular flexibility index (Phi) is 3.70. The highest BCUT2D eigenvalue weighted by Gasteiger charge is 2.40. The zero-order valence-electron chi connectivity index (χ0n) is 10.5. The van der Waals surface area contributed by atoms with Crippen molar-refractivity contribution in [2.24, 2.45) is 0 Å². The van der Waals surface area contributed by atoms with Gasteiger partial charge in [-0.1, -0.05) is 0 Å². The van der Waals surface area contributed by atoms with Gasteiger partial charge >= 0.3 is 12.0 Å². The molecule has 2 atom stereocenters. The van der Waals surface area contributed by atoms with Crippen molar-refractivity contribution in [3.8, 4) is 0 Å². The zero-order valence-corrected chi connectivity index (χ0v) is 10.5. The highest BCUT2D eigenvalue weighted by molar-refractivity contribution is 5.83. The van der Waals surface area contributed by atoms with Crippen LogP contribution in [0.15, 0.2) is 12.4 Å². The molecule has 2 heterocycles. The van der Waals surface area contributed by atoms with Gasteiger partial charge in [-0.15, -0.1) is 0 Å². The maximum atomic E-state index is 12.2. The number of β-amino-alcohol motifs (C(OH)–C–C–N with tert-alkyl or cyclic N) is 1. The summed E-state index contributed by atoms with van der Waals surface area (Å²) < 4.78 is 0. The first-order valence-electron chi connectivity index (χ1n) is 5.90. The first kappa shape index (κ1) is 13.3. The topological polar surface area (TPSA) is 110 Å². The number of carbonyl (C=O) groups is 2. The molecule has 0 radical (unpaired) electrons. The van der Waals surface area contributed by atoms with Crippen molar-refractivity contribution in [1.29, 1.82) is 0 Å². The fourth-order valence-corrected chi connectivity index (χ4v) is 2.16. The summed E-state index contributed by atoms with van der Waals surface area (Å²) in [6.45, 7) is 0.295. The van der Waals surface area contributed by atoms with E-state index in [1.54, 1.807) is 19.4 Å². The Morgan fingerprint density at radius 1 is 1.63 bits per heavy atom. The number of nitrogens with zero attached hydrogens (tertiary/aromatic N) is 3. The Bertz CT molecular complexity index is 461. The molecule has 104 valence electrons. The van der Waals surface area contributed by atoms with Crippen LogP contribution >= 0.6 is 0 Å². The third kappa shape index (κ3) is 2.84. The largest absolute Gasteiger partial charge is 0.480 e. The highest BCUT2D eigenvalue weighted by atomic mass is 16.4. The molecule has 0 unspecified atom stereocenters. The molecule has 1 saturated heterocycles. The van der Waals surface area contributed by atoms with Crippen LogP contribution in [0.4, 0.5) is 4.79 Å². The number of imidazole rings is 1. The van der Waals surface area contributed by atoms with E-state index in [0.717, 1.165) is 0 Å². The fraction of sp³-hybridized carbons (Fsp3) is 0.545. The number of carboxylic acids is 1. The number of carbonyl (C=O) groups excluding carboxylic acids is 1. The number of aliphatic hydroxyl groups is 1. The Morgan fingerprint density at radius 3 is 2.95 bits per heavy atom. The second-order valence-corrected chi connectivity index (χ2v) is 4.57. The molecule has 1 fully saturated rings. The van der Waals surface area contributed by atoms with Crippen LogP contribution in [0.2, 0.25) is 0 Å². The summed E-state index contributed by atoms with van der Waals surface area (Å²) in [5.74, 6) is -0.487. The summed E-state index contributed by atoms with van der Waals surface area (Å²) >= 11 is 0. The number of urea groups is 1. The van der Waals surface area contributed by atoms with Gasteiger partial charge in [0, 0.05) is 32.4 Å². The third-order valence-electron chi connectivity index (χ3n) is 3.08. The lowest BCUT2D eigenvalue weighted by Crippen LogP contribution is -2.46. The lowest BCUT2D eigenvalue weighted by atomic mass is 10.2. The minimum absolute atomic E-state index is 0.0400. The number of hydrogen-bond donors (Lipinski definition) is 3. The van der Waals surface area contributed by atoms with Crippen molar-refractivity contribution in [3.05, 3.63) is 18.2 Å². The van der Waals surface area contributed by atoms with Crippen molar-refractivity contribution >= 4 is 12.0 Å². The molecule has 1 aromatic heterocycles. The molecule has 2 rings (SSSR count). The molecule has 0 saturated carbocycles. The molecule has 1 aliphatic heterocycles. The molecule has 19 heavy (non-hydrogen) atoms. The van der Waals surface area contributed by atoms with Gasteiger partial charge in [0.15, 0.2) is 0 Å². The summed E-state index contributed by atoms with van der Waals surface area (Å²) in [7, 11) is 1.56. The van der Waals surface area contributed by atoms with Gasteiger partial charge in [0.25, 0.3) is 0 Å². The number of H-pyrrole nitrogens is 1. The standard InChI is InChI=1S/C11H16N4O4/c1-14(6-9-12-2-3-13-9)11(19)15-5-7(16)4-8(15)10(17)18/h2-3,7-8,16H,4-6H2,1H3,(H,12,13)(H,17,18)/t7-,8-/m1/s1. The highest BCUT2D eigenvalue weighted by Crippen LogP contribution is 2.20. The Morgan fingerprint density at radius 2 is 2.37 bits per heavy atom. The number of carboxylic acid groups (broad SMARTS) is 1. The van der Waals surface area contributed by atoms with E-state index in [0.29, 0.717) is 5.82 Å². The minimum atomic E-state index is -1.10. The van der Waals surface area contributed by atoms with Gasteiger partial charge in [-0.05, 0) is 0 Å². The quantitative estimate of drug-likeness (QED) is 0.683. The molecule has 8 nitrogen and oxygen atoms in total. The fourth-order valence-electron chi connectivity index (χ4n) is 2.16. The number of rotatable bonds is 3. The van der Waals surface area contributed by atoms with Gasteiger partial charge in [-0.25, -0.2) is 14.6 Å². The number of aliphatic carboxylic acids is 1. The molecular formula is C11H16N4O4. The molecule has 0 aliphatic carbocycles. The molecule has 2 amide bonds. The third-order valence-corrected chi connectivity index (χ3v) is 3.08. The van der Waals surface area contributed by atoms with E-state index in [2.05, 4.69) is 9.97 Å². The van der Waals surface area contributed by atoms with Gasteiger partial charge in [-0.2, -0.15) is 0 Å². The minimum Gasteiger partial charge on any atom is -0.480 e. The van der Waals surface area contributed by atoms with Crippen molar-refractivity contribution in [1.82, 2.24) is 19.8 Å². The number of aromatic nitrogens is 2. The van der Waals surface area contributed by atoms with E-state index in [1.165, 1.54) is 9.80 Å². The summed E-state index contributed by atoms with van der Waals surface area (Å²) in [4.78, 5) is 32.6. The van der Waals surface area contributed by atoms with Crippen LogP contribution in [-0.2, 0) is 11.3 Å². The first-order chi connectivity index (χ1) is 8.99. The van der Waals surface area contributed by atoms with Crippen LogP contribution in [0.5, 0.6) is 0 Å². The van der Waals surface area contributed by atoms with Crippen LogP contribution in [0.25, 0.3) is 0 Å². The summed E-state index contributed by atoms with van der Waals surface area (Å²) in [5, 5.41) is 18.6. The predicted molar refractivity (Wildman–Crippen MR) is 64.2 cm³/mol. The summed E-state index contributed by atoms with van der Waals surface area (Å²) in [6.07, 6.45) is 2.50. The maximum Gasteiger partial charge on any atom is 0.326 e. The van der Waals surface area contributed by atoms with Crippen LogP contribution in [0.3, 0.4) is 0 Å². The molecule has 0 aromatic carbocycles. The average molecular weight is 268 g/mol. The maximum absolute atomic E-state index is 12.2. The molecule has 1 aliphatic rings. The Balaban J connectivity index is 2.03. The average Bonchev–Trinajstić information content (AvgIpc) is 2.97. The number of hydrogen-bond acceptors (Lipinski definition) is 4. The van der Waals surface area contributed by atoms with E-state index < -0.39 is 24.1 Å². The number of likely N-dealkylation sites (tertiary alicyclic amines) is 1. The smallest absolute Gasteiger partial charge is 0.326 e. The number of aromatic amines is 1. The summed E-state index contributed by atoms with van der Waals surface area (Å²) in [6, 6.07) is -1.40. The van der Waals surface area contributed by atoms with Gasteiger partial charge < -0.3 is 25.0 Å². The SMILES string of the molecule is CN(Cc1ncc[nH]1)C(=O)N1C[C@H](O)C[C@@H]1C(=O)O. The number of nitrogens with one attached hydrogen (secondary N) is 1. The van der Waals surface area contributed by atoms with Gasteiger partial charge in [0.05, 0.1) is 12.6 Å². The van der Waals surface area contributed by atoms with Crippen molar-refractivity contribution < 1.29 is 19.8 Å². The van der Waals surface area contributed by atoms with E-state index in [9.17, 15) is 14.7 Å². The van der Waals surface area contributed by atoms with Crippen molar-refractivity contribution in [2.45, 2.75) is 25.1 Å². The van der Waals surface area contributed by atoms with Gasteiger partial charge in [-0.3, -0.25) is 0 Å². The molecule has 3 N–H and O–H groups in total. The molecule has 8 heteroatoms. The lowest BCUT2D eigenvalue weighted by molar-refractivity contribution is -0.141. The van der Waals surface area contributed by atoms with E-state index in [1.807, 2.05) is 0 Å². The monoisotopic (exact) mass is 268 g/mol. The van der Waals surface area contributed by atoms with Crippen molar-refractivity contribution in [2.75, 3.05) is 13.6 Å². The number of aliphatic hydroxyl groups excluding tert-OH is 1. The zero-order chi connectivity index (χ0) is 14.0.